The van der Waals surface area contributed by atoms with Gasteiger partial charge in [0, 0.05) is 0 Å². The molecule has 4 rings (SSSR count). The van der Waals surface area contributed by atoms with E-state index in [1.165, 1.54) is 57.8 Å². The van der Waals surface area contributed by atoms with Crippen LogP contribution < -0.4 is 0 Å². The molecule has 0 N–H and O–H groups in total. The zero-order chi connectivity index (χ0) is 21.1. The van der Waals surface area contributed by atoms with E-state index in [0.717, 1.165) is 30.1 Å². The maximum Gasteiger partial charge on any atom is 0.192 e. The molecule has 0 radical (unpaired) electrons. The summed E-state index contributed by atoms with van der Waals surface area (Å²) in [6, 6.07) is 0. The molecule has 3 saturated carbocycles. The van der Waals surface area contributed by atoms with Gasteiger partial charge in [0.15, 0.2) is 8.32 Å². The van der Waals surface area contributed by atoms with Crippen molar-refractivity contribution in [3.05, 3.63) is 24.3 Å². The molecular formula is C27H46OSi. The van der Waals surface area contributed by atoms with E-state index in [4.69, 9.17) is 4.43 Å². The molecule has 0 saturated heterocycles. The minimum absolute atomic E-state index is 0.0239. The molecule has 164 valence electrons. The lowest BCUT2D eigenvalue weighted by Gasteiger charge is -2.58. The van der Waals surface area contributed by atoms with Crippen molar-refractivity contribution in [1.82, 2.24) is 0 Å². The van der Waals surface area contributed by atoms with Crippen molar-refractivity contribution in [3.63, 3.8) is 0 Å². The smallest absolute Gasteiger partial charge is 0.192 e. The molecule has 0 aromatic carbocycles. The Balaban J connectivity index is 1.65. The highest BCUT2D eigenvalue weighted by atomic mass is 28.4. The monoisotopic (exact) mass is 414 g/mol. The molecular weight excluding hydrogens is 368 g/mol. The van der Waals surface area contributed by atoms with Gasteiger partial charge in [-0.05, 0) is 111 Å². The average molecular weight is 415 g/mol. The largest absolute Gasteiger partial charge is 0.410 e. The van der Waals surface area contributed by atoms with E-state index in [-0.39, 0.29) is 10.6 Å². The molecule has 4 aliphatic carbocycles. The lowest BCUT2D eigenvalue weighted by molar-refractivity contribution is -0.107. The fraction of sp³-hybridized carbons (Fsp3) is 0.852. The van der Waals surface area contributed by atoms with Crippen LogP contribution >= 0.6 is 0 Å². The molecule has 3 fully saturated rings. The quantitative estimate of drug-likeness (QED) is 0.332. The summed E-state index contributed by atoms with van der Waals surface area (Å²) in [5, 5.41) is 0.263. The van der Waals surface area contributed by atoms with Crippen LogP contribution in [0.3, 0.4) is 0 Å². The lowest BCUT2D eigenvalue weighted by Crippen LogP contribution is -2.58. The third-order valence-electron chi connectivity index (χ3n) is 10.4. The standard InChI is InChI=1S/C27H46OSi/c1-8-17-27(28-29(6,7)25(2,3)4)19-16-24-23-14-13-20-11-9-10-12-21(20)22(23)15-18-26(24,27)5/h8,11,21-24H,1,9-10,12-19H2,2-7H3/t21-,22+,23+,24-,26-,27-/m0/s1. The zero-order valence-corrected chi connectivity index (χ0v) is 21.2. The van der Waals surface area contributed by atoms with Crippen LogP contribution in [-0.4, -0.2) is 13.9 Å². The number of rotatable bonds is 4. The van der Waals surface area contributed by atoms with Crippen molar-refractivity contribution in [2.45, 2.75) is 116 Å². The molecule has 0 aromatic rings. The molecule has 29 heavy (non-hydrogen) atoms. The van der Waals surface area contributed by atoms with E-state index in [2.05, 4.69) is 59.5 Å². The van der Waals surface area contributed by atoms with Crippen molar-refractivity contribution < 1.29 is 4.43 Å². The first-order chi connectivity index (χ1) is 13.5. The summed E-state index contributed by atoms with van der Waals surface area (Å²) in [5.41, 5.74) is 2.19. The minimum atomic E-state index is -1.83. The maximum atomic E-state index is 7.41. The molecule has 0 amide bonds. The Kier molecular flexibility index (Phi) is 5.55. The molecule has 0 unspecified atom stereocenters. The van der Waals surface area contributed by atoms with Gasteiger partial charge in [0.2, 0.25) is 0 Å². The van der Waals surface area contributed by atoms with Crippen LogP contribution in [0.25, 0.3) is 0 Å². The molecule has 0 spiro atoms. The van der Waals surface area contributed by atoms with E-state index in [9.17, 15) is 0 Å². The number of hydrogen-bond donors (Lipinski definition) is 0. The second kappa shape index (κ2) is 7.36. The first-order valence-corrected chi connectivity index (χ1v) is 15.5. The van der Waals surface area contributed by atoms with Crippen LogP contribution in [0.5, 0.6) is 0 Å². The molecule has 4 aliphatic rings. The number of hydrogen-bond acceptors (Lipinski definition) is 1. The summed E-state index contributed by atoms with van der Waals surface area (Å²) < 4.78 is 7.41. The molecule has 1 nitrogen and oxygen atoms in total. The topological polar surface area (TPSA) is 9.23 Å². The Bertz CT molecular complexity index is 671. The van der Waals surface area contributed by atoms with Crippen LogP contribution in [-0.2, 0) is 4.43 Å². The van der Waals surface area contributed by atoms with Gasteiger partial charge < -0.3 is 4.43 Å². The van der Waals surface area contributed by atoms with Crippen LogP contribution in [0.4, 0.5) is 0 Å². The van der Waals surface area contributed by atoms with E-state index < -0.39 is 8.32 Å². The molecule has 2 heteroatoms. The molecule has 0 heterocycles. The fourth-order valence-electron chi connectivity index (χ4n) is 7.82. The lowest BCUT2D eigenvalue weighted by atomic mass is 9.50. The average Bonchev–Trinajstić information content (AvgIpc) is 2.93. The minimum Gasteiger partial charge on any atom is -0.410 e. The highest BCUT2D eigenvalue weighted by Crippen LogP contribution is 2.67. The van der Waals surface area contributed by atoms with Gasteiger partial charge >= 0.3 is 0 Å². The van der Waals surface area contributed by atoms with Crippen molar-refractivity contribution in [2.24, 2.45) is 29.1 Å². The van der Waals surface area contributed by atoms with Crippen LogP contribution in [0.2, 0.25) is 18.1 Å². The Morgan fingerprint density at radius 1 is 1.14 bits per heavy atom. The van der Waals surface area contributed by atoms with Crippen molar-refractivity contribution in [2.75, 3.05) is 0 Å². The summed E-state index contributed by atoms with van der Waals surface area (Å²) >= 11 is 0. The Morgan fingerprint density at radius 3 is 2.59 bits per heavy atom. The first-order valence-electron chi connectivity index (χ1n) is 12.5. The number of fused-ring (bicyclic) bond motifs is 5. The molecule has 0 aromatic heterocycles. The predicted octanol–water partition coefficient (Wildman–Crippen LogP) is 8.29. The van der Waals surface area contributed by atoms with E-state index in [0.29, 0.717) is 5.41 Å². The molecule has 6 atom stereocenters. The SMILES string of the molecule is C=CC[C@]1(O[Si](C)(C)C(C)(C)C)CC[C@H]2[C@@H]3CCC4=CCCC[C@@H]4[C@H]3CC[C@@]21C. The van der Waals surface area contributed by atoms with Gasteiger partial charge in [-0.3, -0.25) is 0 Å². The van der Waals surface area contributed by atoms with Crippen molar-refractivity contribution in [1.29, 1.82) is 0 Å². The van der Waals surface area contributed by atoms with Gasteiger partial charge in [-0.1, -0.05) is 45.4 Å². The van der Waals surface area contributed by atoms with Crippen LogP contribution in [0.15, 0.2) is 24.3 Å². The Hall–Kier alpha value is -0.343. The Morgan fingerprint density at radius 2 is 1.90 bits per heavy atom. The van der Waals surface area contributed by atoms with Gasteiger partial charge in [0.05, 0.1) is 5.60 Å². The maximum absolute atomic E-state index is 7.41. The number of allylic oxidation sites excluding steroid dienone is 2. The summed E-state index contributed by atoms with van der Waals surface area (Å²) in [7, 11) is -1.83. The molecule has 0 bridgehead atoms. The second-order valence-corrected chi connectivity index (χ2v) is 17.4. The van der Waals surface area contributed by atoms with E-state index in [1.54, 1.807) is 0 Å². The summed E-state index contributed by atoms with van der Waals surface area (Å²) in [6.07, 6.45) is 18.3. The third kappa shape index (κ3) is 3.36. The van der Waals surface area contributed by atoms with Crippen LogP contribution in [0, 0.1) is 29.1 Å². The van der Waals surface area contributed by atoms with E-state index in [1.807, 2.05) is 5.57 Å². The van der Waals surface area contributed by atoms with Gasteiger partial charge in [-0.15, -0.1) is 6.58 Å². The first kappa shape index (κ1) is 21.9. The van der Waals surface area contributed by atoms with Crippen LogP contribution in [0.1, 0.15) is 91.9 Å². The van der Waals surface area contributed by atoms with Gasteiger partial charge in [-0.2, -0.15) is 0 Å². The summed E-state index contributed by atoms with van der Waals surface area (Å²) in [6.45, 7) is 18.9. The summed E-state index contributed by atoms with van der Waals surface area (Å²) in [5.74, 6) is 3.67. The predicted molar refractivity (Wildman–Crippen MR) is 128 cm³/mol. The zero-order valence-electron chi connectivity index (χ0n) is 20.2. The fourth-order valence-corrected chi connectivity index (χ4v) is 9.52. The molecule has 0 aliphatic heterocycles. The normalized spacial score (nSPS) is 42.5. The third-order valence-corrected chi connectivity index (χ3v) is 14.9. The van der Waals surface area contributed by atoms with Gasteiger partial charge in [0.1, 0.15) is 0 Å². The Labute approximate surface area is 181 Å². The highest BCUT2D eigenvalue weighted by molar-refractivity contribution is 6.74. The van der Waals surface area contributed by atoms with Crippen molar-refractivity contribution >= 4 is 8.32 Å². The van der Waals surface area contributed by atoms with Crippen molar-refractivity contribution in [3.8, 4) is 0 Å². The summed E-state index contributed by atoms with van der Waals surface area (Å²) in [4.78, 5) is 0. The van der Waals surface area contributed by atoms with Gasteiger partial charge in [-0.25, -0.2) is 0 Å². The second-order valence-electron chi connectivity index (χ2n) is 12.6. The highest BCUT2D eigenvalue weighted by Gasteiger charge is 2.64. The van der Waals surface area contributed by atoms with E-state index >= 15 is 0 Å². The van der Waals surface area contributed by atoms with Gasteiger partial charge in [0.25, 0.3) is 0 Å².